The molecule has 2 aromatic rings. The molecule has 35 heavy (non-hydrogen) atoms. The number of ether oxygens (including phenoxy) is 2. The van der Waals surface area contributed by atoms with Crippen LogP contribution in [0.2, 0.25) is 0 Å². The van der Waals surface area contributed by atoms with Crippen molar-refractivity contribution in [3.8, 4) is 17.6 Å². The second-order valence-electron chi connectivity index (χ2n) is 8.08. The third kappa shape index (κ3) is 5.66. The summed E-state index contributed by atoms with van der Waals surface area (Å²) in [6, 6.07) is 8.05. The number of morpholine rings is 1. The van der Waals surface area contributed by atoms with Gasteiger partial charge in [0, 0.05) is 13.1 Å². The number of benzene rings is 2. The fraction of sp³-hybridized carbons (Fsp3) is 0.292. The summed E-state index contributed by atoms with van der Waals surface area (Å²) >= 11 is 1.17. The molecule has 11 heteroatoms. The zero-order chi connectivity index (χ0) is 25.3. The maximum atomic E-state index is 14.7. The number of hydrogen-bond acceptors (Lipinski definition) is 6. The molecule has 2 unspecified atom stereocenters. The van der Waals surface area contributed by atoms with Crippen LogP contribution in [0.15, 0.2) is 46.3 Å². The Morgan fingerprint density at radius 1 is 1.17 bits per heavy atom. The predicted molar refractivity (Wildman–Crippen MR) is 122 cm³/mol. The van der Waals surface area contributed by atoms with Crippen molar-refractivity contribution < 1.29 is 31.8 Å². The largest absolute Gasteiger partial charge is 0.454 e. The van der Waals surface area contributed by atoms with Gasteiger partial charge in [0.15, 0.2) is 16.7 Å². The van der Waals surface area contributed by atoms with Crippen LogP contribution in [0.5, 0.6) is 11.5 Å². The molecule has 2 aliphatic heterocycles. The van der Waals surface area contributed by atoms with Crippen molar-refractivity contribution in [2.45, 2.75) is 32.2 Å². The third-order valence-electron chi connectivity index (χ3n) is 5.19. The van der Waals surface area contributed by atoms with Gasteiger partial charge in [0.2, 0.25) is 0 Å². The van der Waals surface area contributed by atoms with E-state index >= 15 is 0 Å². The Bertz CT molecular complexity index is 1260. The Hall–Kier alpha value is -3.36. The number of nitrogens with zero attached hydrogens (tertiary/aromatic N) is 3. The summed E-state index contributed by atoms with van der Waals surface area (Å²) in [6.45, 7) is 5.05. The Morgan fingerprint density at radius 3 is 2.49 bits per heavy atom. The molecular formula is C24H19F4N3O3S. The molecule has 0 radical (unpaired) electrons. The highest BCUT2D eigenvalue weighted by Crippen LogP contribution is 2.39. The van der Waals surface area contributed by atoms with Crippen molar-refractivity contribution in [1.82, 2.24) is 4.90 Å². The van der Waals surface area contributed by atoms with E-state index in [4.69, 9.17) is 14.7 Å². The van der Waals surface area contributed by atoms with Gasteiger partial charge < -0.3 is 14.4 Å². The number of hydrogen-bond donors (Lipinski definition) is 0. The van der Waals surface area contributed by atoms with Crippen LogP contribution in [0, 0.1) is 17.1 Å². The van der Waals surface area contributed by atoms with Gasteiger partial charge in [-0.1, -0.05) is 6.07 Å². The second kappa shape index (κ2) is 9.71. The van der Waals surface area contributed by atoms with E-state index in [-0.39, 0.29) is 17.8 Å². The average molecular weight is 505 g/mol. The number of halogens is 4. The van der Waals surface area contributed by atoms with Gasteiger partial charge in [0.1, 0.15) is 5.75 Å². The van der Waals surface area contributed by atoms with Gasteiger partial charge in [-0.2, -0.15) is 23.4 Å². The van der Waals surface area contributed by atoms with Crippen LogP contribution >= 0.6 is 11.8 Å². The first-order valence-electron chi connectivity index (χ1n) is 10.5. The molecule has 0 N–H and O–H groups in total. The van der Waals surface area contributed by atoms with Gasteiger partial charge in [0.25, 0.3) is 5.91 Å². The standard InChI is InChI=1S/C24H19F4N3O3S/c1-13-11-31(12-14(2)33-13)23-30-22(32)21(35-23)9-15-3-6-20(18(25)8-15)34-19-5-4-16(10-29)7-17(19)24(26,27)28/h3-9,13-14H,11-12H2,1-2H3/b21-9+. The summed E-state index contributed by atoms with van der Waals surface area (Å²) < 4.78 is 65.7. The van der Waals surface area contributed by atoms with Crippen molar-refractivity contribution in [3.05, 3.63) is 63.8 Å². The Kier molecular flexibility index (Phi) is 6.87. The van der Waals surface area contributed by atoms with Crippen LogP contribution < -0.4 is 4.74 Å². The Labute approximate surface area is 202 Å². The molecule has 2 atom stereocenters. The minimum Gasteiger partial charge on any atom is -0.454 e. The number of rotatable bonds is 3. The quantitative estimate of drug-likeness (QED) is 0.400. The van der Waals surface area contributed by atoms with Crippen molar-refractivity contribution in [3.63, 3.8) is 0 Å². The lowest BCUT2D eigenvalue weighted by molar-refractivity contribution is -0.138. The fourth-order valence-electron chi connectivity index (χ4n) is 3.74. The Morgan fingerprint density at radius 2 is 1.86 bits per heavy atom. The maximum absolute atomic E-state index is 14.7. The lowest BCUT2D eigenvalue weighted by Crippen LogP contribution is -2.47. The van der Waals surface area contributed by atoms with Crippen LogP contribution in [0.25, 0.3) is 6.08 Å². The van der Waals surface area contributed by atoms with Gasteiger partial charge in [0.05, 0.1) is 34.3 Å². The van der Waals surface area contributed by atoms with Crippen LogP contribution in [0.4, 0.5) is 17.6 Å². The van der Waals surface area contributed by atoms with Gasteiger partial charge in [-0.05, 0) is 67.6 Å². The van der Waals surface area contributed by atoms with E-state index in [0.717, 1.165) is 18.2 Å². The van der Waals surface area contributed by atoms with Crippen molar-refractivity contribution >= 4 is 28.9 Å². The molecule has 0 spiro atoms. The number of thioether (sulfide) groups is 1. The first-order chi connectivity index (χ1) is 16.5. The monoisotopic (exact) mass is 505 g/mol. The molecule has 4 rings (SSSR count). The number of carbonyl (C=O) groups excluding carboxylic acids is 1. The topological polar surface area (TPSA) is 74.9 Å². The zero-order valence-electron chi connectivity index (χ0n) is 18.6. The third-order valence-corrected chi connectivity index (χ3v) is 6.23. The molecule has 0 aromatic heterocycles. The smallest absolute Gasteiger partial charge is 0.420 e. The summed E-state index contributed by atoms with van der Waals surface area (Å²) in [4.78, 5) is 18.8. The van der Waals surface area contributed by atoms with Gasteiger partial charge in [-0.25, -0.2) is 4.39 Å². The molecule has 1 fully saturated rings. The molecule has 2 aromatic carbocycles. The first kappa shape index (κ1) is 24.8. The Balaban J connectivity index is 1.52. The minimum atomic E-state index is -4.79. The molecule has 182 valence electrons. The normalized spacial score (nSPS) is 21.7. The number of aliphatic imine (C=N–C) groups is 1. The predicted octanol–water partition coefficient (Wildman–Crippen LogP) is 5.59. The summed E-state index contributed by atoms with van der Waals surface area (Å²) in [5, 5.41) is 9.41. The fourth-order valence-corrected chi connectivity index (χ4v) is 4.67. The van der Waals surface area contributed by atoms with E-state index in [0.29, 0.717) is 34.8 Å². The van der Waals surface area contributed by atoms with E-state index in [9.17, 15) is 22.4 Å². The van der Waals surface area contributed by atoms with Crippen LogP contribution in [-0.4, -0.2) is 41.3 Å². The van der Waals surface area contributed by atoms with Gasteiger partial charge in [-0.15, -0.1) is 0 Å². The van der Waals surface area contributed by atoms with Gasteiger partial charge in [-0.3, -0.25) is 4.79 Å². The van der Waals surface area contributed by atoms with E-state index in [2.05, 4.69) is 4.99 Å². The van der Waals surface area contributed by atoms with Crippen molar-refractivity contribution in [2.75, 3.05) is 13.1 Å². The number of amidine groups is 1. The maximum Gasteiger partial charge on any atom is 0.420 e. The number of alkyl halides is 3. The molecule has 1 amide bonds. The summed E-state index contributed by atoms with van der Waals surface area (Å²) in [5.74, 6) is -2.43. The molecule has 1 saturated heterocycles. The first-order valence-corrected chi connectivity index (χ1v) is 11.4. The van der Waals surface area contributed by atoms with Crippen LogP contribution in [-0.2, 0) is 15.7 Å². The van der Waals surface area contributed by atoms with Gasteiger partial charge >= 0.3 is 6.18 Å². The molecule has 6 nitrogen and oxygen atoms in total. The van der Waals surface area contributed by atoms with Crippen molar-refractivity contribution in [2.24, 2.45) is 4.99 Å². The highest BCUT2D eigenvalue weighted by atomic mass is 32.2. The summed E-state index contributed by atoms with van der Waals surface area (Å²) in [5.41, 5.74) is -1.07. The highest BCUT2D eigenvalue weighted by Gasteiger charge is 2.35. The molecule has 0 bridgehead atoms. The number of carbonyl (C=O) groups is 1. The lowest BCUT2D eigenvalue weighted by Gasteiger charge is -2.35. The summed E-state index contributed by atoms with van der Waals surface area (Å²) in [7, 11) is 0. The average Bonchev–Trinajstić information content (AvgIpc) is 3.14. The van der Waals surface area contributed by atoms with E-state index < -0.39 is 35.0 Å². The van der Waals surface area contributed by atoms with Crippen molar-refractivity contribution in [1.29, 1.82) is 5.26 Å². The lowest BCUT2D eigenvalue weighted by atomic mass is 10.1. The van der Waals surface area contributed by atoms with E-state index in [1.807, 2.05) is 18.7 Å². The molecule has 0 saturated carbocycles. The molecular weight excluding hydrogens is 486 g/mol. The number of amides is 1. The minimum absolute atomic E-state index is 0.0132. The van der Waals surface area contributed by atoms with Crippen LogP contribution in [0.3, 0.4) is 0 Å². The molecule has 2 heterocycles. The SMILES string of the molecule is CC1CN(C2=NC(=O)/C(=C\c3ccc(Oc4ccc(C#N)cc4C(F)(F)F)c(F)c3)S2)CC(C)O1. The molecule has 0 aliphatic carbocycles. The van der Waals surface area contributed by atoms with Crippen LogP contribution in [0.1, 0.15) is 30.5 Å². The molecule has 2 aliphatic rings. The number of nitriles is 1. The summed E-state index contributed by atoms with van der Waals surface area (Å²) in [6.07, 6.45) is -3.36. The zero-order valence-corrected chi connectivity index (χ0v) is 19.4. The van der Waals surface area contributed by atoms with E-state index in [1.54, 1.807) is 6.07 Å². The second-order valence-corrected chi connectivity index (χ2v) is 9.09. The highest BCUT2D eigenvalue weighted by molar-refractivity contribution is 8.18. The van der Waals surface area contributed by atoms with E-state index in [1.165, 1.54) is 30.0 Å².